The number of fused-ring (bicyclic) bond motifs is 1. The van der Waals surface area contributed by atoms with E-state index in [1.807, 2.05) is 18.2 Å². The van der Waals surface area contributed by atoms with Gasteiger partial charge in [-0.1, -0.05) is 12.1 Å². The fourth-order valence-corrected chi connectivity index (χ4v) is 2.17. The molecule has 1 aliphatic heterocycles. The van der Waals surface area contributed by atoms with Crippen LogP contribution in [0.3, 0.4) is 0 Å². The number of nitrogens with one attached hydrogen (secondary N) is 2. The Labute approximate surface area is 116 Å². The molecule has 100 valence electrons. The molecule has 3 rings (SSSR count). The maximum absolute atomic E-state index is 11.9. The van der Waals surface area contributed by atoms with Crippen LogP contribution < -0.4 is 10.6 Å². The van der Waals surface area contributed by atoms with E-state index in [1.165, 1.54) is 6.20 Å². The van der Waals surface area contributed by atoms with Crippen molar-refractivity contribution < 1.29 is 9.59 Å². The van der Waals surface area contributed by atoms with E-state index in [-0.39, 0.29) is 11.8 Å². The number of benzene rings is 1. The SMILES string of the molecule is O=C1Cc2cc(CNC(=O)c3cccnc3)ccc2N1. The first-order chi connectivity index (χ1) is 9.72. The third kappa shape index (κ3) is 2.51. The van der Waals surface area contributed by atoms with Crippen LogP contribution in [-0.2, 0) is 17.8 Å². The van der Waals surface area contributed by atoms with Gasteiger partial charge >= 0.3 is 0 Å². The molecule has 0 saturated heterocycles. The smallest absolute Gasteiger partial charge is 0.253 e. The van der Waals surface area contributed by atoms with Crippen LogP contribution in [0.15, 0.2) is 42.7 Å². The van der Waals surface area contributed by atoms with Crippen molar-refractivity contribution in [1.82, 2.24) is 10.3 Å². The van der Waals surface area contributed by atoms with Crippen LogP contribution in [0.25, 0.3) is 0 Å². The number of anilines is 1. The monoisotopic (exact) mass is 267 g/mol. The van der Waals surface area contributed by atoms with Crippen LogP contribution >= 0.6 is 0 Å². The number of carbonyl (C=O) groups is 2. The Morgan fingerprint density at radius 3 is 3.05 bits per heavy atom. The zero-order valence-corrected chi connectivity index (χ0v) is 10.7. The lowest BCUT2D eigenvalue weighted by Crippen LogP contribution is -2.22. The lowest BCUT2D eigenvalue weighted by atomic mass is 10.1. The molecule has 2 amide bonds. The molecule has 0 atom stereocenters. The van der Waals surface area contributed by atoms with Crippen LogP contribution in [-0.4, -0.2) is 16.8 Å². The van der Waals surface area contributed by atoms with Crippen molar-refractivity contribution in [2.24, 2.45) is 0 Å². The lowest BCUT2D eigenvalue weighted by molar-refractivity contribution is -0.115. The molecule has 1 aliphatic rings. The highest BCUT2D eigenvalue weighted by Crippen LogP contribution is 2.23. The summed E-state index contributed by atoms with van der Waals surface area (Å²) < 4.78 is 0. The van der Waals surface area contributed by atoms with Gasteiger partial charge in [0.2, 0.25) is 5.91 Å². The van der Waals surface area contributed by atoms with Gasteiger partial charge in [0.1, 0.15) is 0 Å². The van der Waals surface area contributed by atoms with Crippen LogP contribution in [0.2, 0.25) is 0 Å². The molecule has 20 heavy (non-hydrogen) atoms. The number of pyridine rings is 1. The predicted octanol–water partition coefficient (Wildman–Crippen LogP) is 1.51. The van der Waals surface area contributed by atoms with Gasteiger partial charge in [0.05, 0.1) is 12.0 Å². The van der Waals surface area contributed by atoms with Crippen LogP contribution in [0.5, 0.6) is 0 Å². The Bertz CT molecular complexity index is 668. The number of carbonyl (C=O) groups excluding carboxylic acids is 2. The van der Waals surface area contributed by atoms with E-state index in [0.717, 1.165) is 16.8 Å². The van der Waals surface area contributed by atoms with Crippen molar-refractivity contribution in [3.8, 4) is 0 Å². The van der Waals surface area contributed by atoms with E-state index in [9.17, 15) is 9.59 Å². The summed E-state index contributed by atoms with van der Waals surface area (Å²) in [5, 5.41) is 5.61. The number of hydrogen-bond donors (Lipinski definition) is 2. The Morgan fingerprint density at radius 2 is 2.25 bits per heavy atom. The molecule has 0 saturated carbocycles. The third-order valence-electron chi connectivity index (χ3n) is 3.17. The largest absolute Gasteiger partial charge is 0.348 e. The quantitative estimate of drug-likeness (QED) is 0.885. The second-order valence-electron chi connectivity index (χ2n) is 4.64. The fourth-order valence-electron chi connectivity index (χ4n) is 2.17. The second-order valence-corrected chi connectivity index (χ2v) is 4.64. The van der Waals surface area contributed by atoms with Crippen LogP contribution in [0.1, 0.15) is 21.5 Å². The lowest BCUT2D eigenvalue weighted by Gasteiger charge is -2.06. The third-order valence-corrected chi connectivity index (χ3v) is 3.17. The van der Waals surface area contributed by atoms with Crippen molar-refractivity contribution in [3.63, 3.8) is 0 Å². The Balaban J connectivity index is 1.66. The molecule has 0 bridgehead atoms. The molecule has 0 aliphatic carbocycles. The first-order valence-electron chi connectivity index (χ1n) is 6.32. The minimum atomic E-state index is -0.159. The van der Waals surface area contributed by atoms with E-state index in [1.54, 1.807) is 18.3 Å². The molecule has 0 spiro atoms. The molecular weight excluding hydrogens is 254 g/mol. The van der Waals surface area contributed by atoms with Crippen LogP contribution in [0.4, 0.5) is 5.69 Å². The minimum Gasteiger partial charge on any atom is -0.348 e. The number of rotatable bonds is 3. The van der Waals surface area contributed by atoms with Gasteiger partial charge in [-0.15, -0.1) is 0 Å². The average Bonchev–Trinajstić information content (AvgIpc) is 2.85. The summed E-state index contributed by atoms with van der Waals surface area (Å²) in [5.74, 6) is -0.149. The van der Waals surface area contributed by atoms with Crippen molar-refractivity contribution in [1.29, 1.82) is 0 Å². The highest BCUT2D eigenvalue weighted by Gasteiger charge is 2.17. The Morgan fingerprint density at radius 1 is 1.35 bits per heavy atom. The van der Waals surface area contributed by atoms with Gasteiger partial charge in [-0.05, 0) is 29.3 Å². The van der Waals surface area contributed by atoms with Gasteiger partial charge in [0.15, 0.2) is 0 Å². The molecule has 0 unspecified atom stereocenters. The van der Waals surface area contributed by atoms with E-state index < -0.39 is 0 Å². The zero-order valence-electron chi connectivity index (χ0n) is 10.7. The van der Waals surface area contributed by atoms with E-state index >= 15 is 0 Å². The van der Waals surface area contributed by atoms with E-state index in [2.05, 4.69) is 15.6 Å². The number of amides is 2. The van der Waals surface area contributed by atoms with Crippen LogP contribution in [0, 0.1) is 0 Å². The summed E-state index contributed by atoms with van der Waals surface area (Å²) in [4.78, 5) is 27.1. The van der Waals surface area contributed by atoms with Gasteiger partial charge in [0.25, 0.3) is 5.91 Å². The predicted molar refractivity (Wildman–Crippen MR) is 74.2 cm³/mol. The van der Waals surface area contributed by atoms with Gasteiger partial charge in [-0.3, -0.25) is 14.6 Å². The molecule has 5 heteroatoms. The van der Waals surface area contributed by atoms with Crippen molar-refractivity contribution in [2.45, 2.75) is 13.0 Å². The standard InChI is InChI=1S/C15H13N3O2/c19-14-7-12-6-10(3-4-13(12)18-14)8-17-15(20)11-2-1-5-16-9-11/h1-6,9H,7-8H2,(H,17,20)(H,18,19). The van der Waals surface area contributed by atoms with Crippen molar-refractivity contribution >= 4 is 17.5 Å². The summed E-state index contributed by atoms with van der Waals surface area (Å²) in [6.07, 6.45) is 3.56. The first kappa shape index (κ1) is 12.3. The van der Waals surface area contributed by atoms with E-state index in [0.29, 0.717) is 18.5 Å². The Hall–Kier alpha value is -2.69. The summed E-state index contributed by atoms with van der Waals surface area (Å²) in [5.41, 5.74) is 3.34. The molecule has 0 radical (unpaired) electrons. The summed E-state index contributed by atoms with van der Waals surface area (Å²) in [6, 6.07) is 9.14. The first-order valence-corrected chi connectivity index (χ1v) is 6.32. The molecule has 0 fully saturated rings. The fraction of sp³-hybridized carbons (Fsp3) is 0.133. The average molecular weight is 267 g/mol. The van der Waals surface area contributed by atoms with Gasteiger partial charge in [-0.2, -0.15) is 0 Å². The maximum Gasteiger partial charge on any atom is 0.253 e. The van der Waals surface area contributed by atoms with Gasteiger partial charge in [0, 0.05) is 24.6 Å². The molecule has 1 aromatic carbocycles. The summed E-state index contributed by atoms with van der Waals surface area (Å²) >= 11 is 0. The normalized spacial score (nSPS) is 12.7. The number of nitrogens with zero attached hydrogens (tertiary/aromatic N) is 1. The molecular formula is C15H13N3O2. The Kier molecular flexibility index (Phi) is 3.16. The minimum absolute atomic E-state index is 0.0107. The maximum atomic E-state index is 11.9. The molecule has 2 aromatic rings. The molecule has 2 heterocycles. The number of hydrogen-bond acceptors (Lipinski definition) is 3. The highest BCUT2D eigenvalue weighted by atomic mass is 16.2. The van der Waals surface area contributed by atoms with Gasteiger partial charge < -0.3 is 10.6 Å². The molecule has 5 nitrogen and oxygen atoms in total. The summed E-state index contributed by atoms with van der Waals surface area (Å²) in [6.45, 7) is 0.426. The summed E-state index contributed by atoms with van der Waals surface area (Å²) in [7, 11) is 0. The second kappa shape index (κ2) is 5.13. The van der Waals surface area contributed by atoms with Crippen molar-refractivity contribution in [3.05, 3.63) is 59.4 Å². The number of aromatic nitrogens is 1. The van der Waals surface area contributed by atoms with Gasteiger partial charge in [-0.25, -0.2) is 0 Å². The molecule has 1 aromatic heterocycles. The zero-order chi connectivity index (χ0) is 13.9. The topological polar surface area (TPSA) is 71.1 Å². The highest BCUT2D eigenvalue weighted by molar-refractivity contribution is 5.99. The van der Waals surface area contributed by atoms with Crippen molar-refractivity contribution in [2.75, 3.05) is 5.32 Å². The molecule has 2 N–H and O–H groups in total. The van der Waals surface area contributed by atoms with E-state index in [4.69, 9.17) is 0 Å².